The van der Waals surface area contributed by atoms with Crippen LogP contribution in [0.5, 0.6) is 0 Å². The number of carbonyl (C=O) groups excluding carboxylic acids is 1. The van der Waals surface area contributed by atoms with E-state index in [0.717, 1.165) is 24.4 Å². The summed E-state index contributed by atoms with van der Waals surface area (Å²) in [5, 5.41) is 0. The topological polar surface area (TPSA) is 38.1 Å². The van der Waals surface area contributed by atoms with E-state index in [1.807, 2.05) is 17.0 Å². The van der Waals surface area contributed by atoms with Gasteiger partial charge in [-0.25, -0.2) is 4.98 Å². The molecule has 1 aliphatic heterocycles. The lowest BCUT2D eigenvalue weighted by Gasteiger charge is -2.15. The van der Waals surface area contributed by atoms with Crippen LogP contribution in [-0.4, -0.2) is 33.4 Å². The Bertz CT molecular complexity index is 794. The van der Waals surface area contributed by atoms with E-state index >= 15 is 0 Å². The van der Waals surface area contributed by atoms with Crippen LogP contribution in [0.2, 0.25) is 0 Å². The lowest BCUT2D eigenvalue weighted by Crippen LogP contribution is -2.25. The Balaban J connectivity index is 1.58. The number of hydrogen-bond donors (Lipinski definition) is 0. The number of aryl methyl sites for hydroxylation is 1. The van der Waals surface area contributed by atoms with Gasteiger partial charge >= 0.3 is 0 Å². The van der Waals surface area contributed by atoms with Crippen LogP contribution in [-0.2, 0) is 11.3 Å². The van der Waals surface area contributed by atoms with Gasteiger partial charge in [0.25, 0.3) is 0 Å². The Labute approximate surface area is 176 Å². The maximum absolute atomic E-state index is 12.3. The first kappa shape index (κ1) is 21.6. The van der Waals surface area contributed by atoms with Gasteiger partial charge in [0, 0.05) is 32.0 Å². The Morgan fingerprint density at radius 2 is 1.76 bits per heavy atom. The third kappa shape index (κ3) is 5.71. The van der Waals surface area contributed by atoms with Crippen molar-refractivity contribution in [3.63, 3.8) is 0 Å². The number of carbonyl (C=O) groups is 1. The summed E-state index contributed by atoms with van der Waals surface area (Å²) in [6.07, 6.45) is 14.4. The zero-order valence-corrected chi connectivity index (χ0v) is 18.1. The summed E-state index contributed by atoms with van der Waals surface area (Å²) in [4.78, 5) is 19.2. The fraction of sp³-hybridized carbons (Fsp3) is 0.600. The Morgan fingerprint density at radius 1 is 1.07 bits per heavy atom. The molecule has 1 aliphatic rings. The molecule has 0 aliphatic carbocycles. The van der Waals surface area contributed by atoms with Gasteiger partial charge in [0.1, 0.15) is 5.82 Å². The van der Waals surface area contributed by atoms with Crippen molar-refractivity contribution in [2.75, 3.05) is 13.1 Å². The SMILES string of the molecule is C=CCN1CC(c2nc3ccccc3n2CCCCCCCCCCC)CC1=O. The van der Waals surface area contributed by atoms with Gasteiger partial charge in [-0.3, -0.25) is 4.79 Å². The fourth-order valence-electron chi connectivity index (χ4n) is 4.50. The highest BCUT2D eigenvalue weighted by molar-refractivity contribution is 5.81. The van der Waals surface area contributed by atoms with Gasteiger partial charge in [-0.1, -0.05) is 76.5 Å². The van der Waals surface area contributed by atoms with E-state index in [1.165, 1.54) is 63.3 Å². The lowest BCUT2D eigenvalue weighted by molar-refractivity contribution is -0.127. The van der Waals surface area contributed by atoms with E-state index in [4.69, 9.17) is 4.98 Å². The number of amides is 1. The number of likely N-dealkylation sites (tertiary alicyclic amines) is 1. The number of imidazole rings is 1. The molecule has 29 heavy (non-hydrogen) atoms. The maximum Gasteiger partial charge on any atom is 0.223 e. The molecule has 1 saturated heterocycles. The second-order valence-electron chi connectivity index (χ2n) is 8.43. The summed E-state index contributed by atoms with van der Waals surface area (Å²) in [5.41, 5.74) is 2.25. The smallest absolute Gasteiger partial charge is 0.223 e. The predicted molar refractivity (Wildman–Crippen MR) is 121 cm³/mol. The number of unbranched alkanes of at least 4 members (excludes halogenated alkanes) is 8. The van der Waals surface area contributed by atoms with E-state index in [2.05, 4.69) is 36.3 Å². The number of aromatic nitrogens is 2. The molecule has 1 fully saturated rings. The lowest BCUT2D eigenvalue weighted by atomic mass is 10.1. The molecule has 1 atom stereocenters. The molecule has 0 N–H and O–H groups in total. The molecule has 1 amide bonds. The monoisotopic (exact) mass is 395 g/mol. The molecule has 0 bridgehead atoms. The maximum atomic E-state index is 12.3. The van der Waals surface area contributed by atoms with Crippen LogP contribution in [0.1, 0.15) is 82.9 Å². The number of hydrogen-bond acceptors (Lipinski definition) is 2. The van der Waals surface area contributed by atoms with E-state index in [1.54, 1.807) is 0 Å². The summed E-state index contributed by atoms with van der Waals surface area (Å²) >= 11 is 0. The van der Waals surface area contributed by atoms with Crippen LogP contribution in [0, 0.1) is 0 Å². The average molecular weight is 396 g/mol. The van der Waals surface area contributed by atoms with Gasteiger partial charge in [0.2, 0.25) is 5.91 Å². The first-order chi connectivity index (χ1) is 14.2. The normalized spacial score (nSPS) is 16.8. The van der Waals surface area contributed by atoms with Crippen LogP contribution < -0.4 is 0 Å². The van der Waals surface area contributed by atoms with E-state index < -0.39 is 0 Å². The molecular formula is C25H37N3O. The minimum absolute atomic E-state index is 0.188. The highest BCUT2D eigenvalue weighted by Crippen LogP contribution is 2.30. The third-order valence-corrected chi connectivity index (χ3v) is 6.10. The van der Waals surface area contributed by atoms with Crippen LogP contribution in [0.4, 0.5) is 0 Å². The standard InChI is InChI=1S/C25H37N3O/c1-3-5-6-7-8-9-10-11-14-18-28-23-16-13-12-15-22(23)26-25(28)21-19-24(29)27(20-21)17-4-2/h4,12-13,15-16,21H,2-3,5-11,14,17-20H2,1H3. The molecule has 1 unspecified atom stereocenters. The van der Waals surface area contributed by atoms with Gasteiger partial charge in [0.15, 0.2) is 0 Å². The minimum atomic E-state index is 0.188. The van der Waals surface area contributed by atoms with Crippen molar-refractivity contribution in [1.82, 2.24) is 14.5 Å². The second kappa shape index (κ2) is 11.2. The Morgan fingerprint density at radius 3 is 2.48 bits per heavy atom. The van der Waals surface area contributed by atoms with Crippen molar-refractivity contribution < 1.29 is 4.79 Å². The molecule has 1 aromatic heterocycles. The third-order valence-electron chi connectivity index (χ3n) is 6.10. The van der Waals surface area contributed by atoms with Crippen molar-refractivity contribution in [3.05, 3.63) is 42.7 Å². The van der Waals surface area contributed by atoms with Crippen LogP contribution in [0.25, 0.3) is 11.0 Å². The predicted octanol–water partition coefficient (Wildman–Crippen LogP) is 6.07. The quantitative estimate of drug-likeness (QED) is 0.305. The highest BCUT2D eigenvalue weighted by Gasteiger charge is 2.33. The molecule has 3 rings (SSSR count). The highest BCUT2D eigenvalue weighted by atomic mass is 16.2. The Kier molecular flexibility index (Phi) is 8.33. The number of rotatable bonds is 13. The fourth-order valence-corrected chi connectivity index (χ4v) is 4.50. The van der Waals surface area contributed by atoms with E-state index in [-0.39, 0.29) is 11.8 Å². The largest absolute Gasteiger partial charge is 0.338 e. The summed E-state index contributed by atoms with van der Waals surface area (Å²) in [6.45, 7) is 8.44. The molecule has 1 aromatic carbocycles. The molecule has 2 aromatic rings. The molecular weight excluding hydrogens is 358 g/mol. The number of para-hydroxylation sites is 2. The second-order valence-corrected chi connectivity index (χ2v) is 8.43. The first-order valence-electron chi connectivity index (χ1n) is 11.6. The van der Waals surface area contributed by atoms with Crippen molar-refractivity contribution in [2.24, 2.45) is 0 Å². The summed E-state index contributed by atoms with van der Waals surface area (Å²) in [7, 11) is 0. The summed E-state index contributed by atoms with van der Waals surface area (Å²) in [6, 6.07) is 8.39. The number of fused-ring (bicyclic) bond motifs is 1. The van der Waals surface area contributed by atoms with E-state index in [0.29, 0.717) is 13.0 Å². The van der Waals surface area contributed by atoms with Gasteiger partial charge in [-0.2, -0.15) is 0 Å². The van der Waals surface area contributed by atoms with Crippen molar-refractivity contribution in [3.8, 4) is 0 Å². The first-order valence-corrected chi connectivity index (χ1v) is 11.6. The van der Waals surface area contributed by atoms with Crippen molar-refractivity contribution in [1.29, 1.82) is 0 Å². The van der Waals surface area contributed by atoms with Gasteiger partial charge in [-0.05, 0) is 18.6 Å². The van der Waals surface area contributed by atoms with Gasteiger partial charge < -0.3 is 9.47 Å². The Hall–Kier alpha value is -2.10. The molecule has 0 spiro atoms. The molecule has 0 radical (unpaired) electrons. The van der Waals surface area contributed by atoms with Crippen LogP contribution in [0.3, 0.4) is 0 Å². The summed E-state index contributed by atoms with van der Waals surface area (Å²) < 4.78 is 2.38. The number of benzene rings is 1. The van der Waals surface area contributed by atoms with Crippen molar-refractivity contribution in [2.45, 2.75) is 83.6 Å². The number of nitrogens with zero attached hydrogens (tertiary/aromatic N) is 3. The molecule has 4 heteroatoms. The average Bonchev–Trinajstić information content (AvgIpc) is 3.27. The molecule has 158 valence electrons. The van der Waals surface area contributed by atoms with Gasteiger partial charge in [-0.15, -0.1) is 6.58 Å². The van der Waals surface area contributed by atoms with Crippen molar-refractivity contribution >= 4 is 16.9 Å². The zero-order chi connectivity index (χ0) is 20.5. The molecule has 4 nitrogen and oxygen atoms in total. The van der Waals surface area contributed by atoms with Crippen LogP contribution in [0.15, 0.2) is 36.9 Å². The molecule has 2 heterocycles. The van der Waals surface area contributed by atoms with E-state index in [9.17, 15) is 4.79 Å². The summed E-state index contributed by atoms with van der Waals surface area (Å²) in [5.74, 6) is 1.50. The zero-order valence-electron chi connectivity index (χ0n) is 18.1. The van der Waals surface area contributed by atoms with Gasteiger partial charge in [0.05, 0.1) is 11.0 Å². The molecule has 0 saturated carbocycles. The van der Waals surface area contributed by atoms with Crippen LogP contribution >= 0.6 is 0 Å². The minimum Gasteiger partial charge on any atom is -0.338 e.